The van der Waals surface area contributed by atoms with E-state index in [1.165, 1.54) is 11.1 Å². The van der Waals surface area contributed by atoms with Gasteiger partial charge in [-0.15, -0.1) is 0 Å². The average molecular weight is 570 g/mol. The largest absolute Gasteiger partial charge is 0.479 e. The van der Waals surface area contributed by atoms with Crippen LogP contribution in [-0.4, -0.2) is 23.2 Å². The first-order chi connectivity index (χ1) is 19.6. The zero-order chi connectivity index (χ0) is 32.4. The Morgan fingerprint density at radius 3 is 1.83 bits per heavy atom. The van der Waals surface area contributed by atoms with Gasteiger partial charge in [-0.2, -0.15) is 0 Å². The van der Waals surface area contributed by atoms with Gasteiger partial charge in [0.05, 0.1) is 0 Å². The Hall–Kier alpha value is -3.71. The molecule has 1 atom stereocenters. The summed E-state index contributed by atoms with van der Waals surface area (Å²) >= 11 is 0. The Morgan fingerprint density at radius 2 is 1.41 bits per heavy atom. The number of hydrogen-bond donors (Lipinski definition) is 6. The molecule has 0 aliphatic carbocycles. The number of benzene rings is 2. The SMILES string of the molecule is C=C(N)c1cccc(CNC2=CC=CNC2C(=O)O)c1N.CC.CC.CC.CC(C)N.CCc1ccccc1CC. The van der Waals surface area contributed by atoms with Gasteiger partial charge in [-0.25, -0.2) is 4.79 Å². The molecule has 7 nitrogen and oxygen atoms in total. The minimum atomic E-state index is -0.949. The van der Waals surface area contributed by atoms with Crippen molar-refractivity contribution in [2.24, 2.45) is 11.5 Å². The van der Waals surface area contributed by atoms with Crippen LogP contribution in [0.15, 0.2) is 73.1 Å². The van der Waals surface area contributed by atoms with E-state index in [4.69, 9.17) is 22.3 Å². The molecule has 7 heteroatoms. The van der Waals surface area contributed by atoms with E-state index in [0.29, 0.717) is 35.2 Å². The normalized spacial score (nSPS) is 12.3. The van der Waals surface area contributed by atoms with Crippen LogP contribution >= 0.6 is 0 Å². The van der Waals surface area contributed by atoms with Gasteiger partial charge >= 0.3 is 5.97 Å². The molecule has 3 rings (SSSR count). The second kappa shape index (κ2) is 26.5. The van der Waals surface area contributed by atoms with Crippen molar-refractivity contribution in [1.82, 2.24) is 10.6 Å². The number of hydrogen-bond acceptors (Lipinski definition) is 6. The highest BCUT2D eigenvalue weighted by atomic mass is 16.4. The molecular formula is C34H59N5O2. The molecule has 0 spiro atoms. The van der Waals surface area contributed by atoms with Gasteiger partial charge in [-0.3, -0.25) is 0 Å². The highest BCUT2D eigenvalue weighted by Crippen LogP contribution is 2.21. The molecule has 1 heterocycles. The monoisotopic (exact) mass is 569 g/mol. The topological polar surface area (TPSA) is 139 Å². The van der Waals surface area contributed by atoms with Gasteiger partial charge in [0.2, 0.25) is 0 Å². The number of aryl methyl sites for hydroxylation is 2. The Kier molecular flexibility index (Phi) is 27.0. The number of allylic oxidation sites excluding steroid dienone is 2. The molecule has 0 saturated heterocycles. The number of nitrogens with one attached hydrogen (secondary N) is 2. The molecule has 0 amide bonds. The zero-order valence-corrected chi connectivity index (χ0v) is 27.3. The first-order valence-corrected chi connectivity index (χ1v) is 14.9. The molecule has 232 valence electrons. The van der Waals surface area contributed by atoms with E-state index in [-0.39, 0.29) is 0 Å². The number of dihydropyridines is 1. The van der Waals surface area contributed by atoms with Crippen molar-refractivity contribution in [1.29, 1.82) is 0 Å². The predicted octanol–water partition coefficient (Wildman–Crippen LogP) is 6.99. The standard InChI is InChI=1S/C15H18N4O2.C10H14.C3H9N.3C2H6/c1-9(16)11-5-2-4-10(13(11)17)8-19-12-6-3-7-18-14(12)15(20)21;1-3-9-7-5-6-8-10(9)4-2;1-3(2)4;3*1-2/h2-7,14,18-19H,1,8,16-17H2,(H,20,21);5-8H,3-4H2,1-2H3;3H,4H2,1-2H3;3*1-2H3. The molecule has 0 aromatic heterocycles. The molecule has 2 aromatic carbocycles. The van der Waals surface area contributed by atoms with E-state index >= 15 is 0 Å². The lowest BCUT2D eigenvalue weighted by molar-refractivity contribution is -0.138. The summed E-state index contributed by atoms with van der Waals surface area (Å²) in [5.74, 6) is -0.949. The van der Waals surface area contributed by atoms with E-state index in [1.807, 2.05) is 67.5 Å². The molecule has 1 aliphatic rings. The van der Waals surface area contributed by atoms with Crippen molar-refractivity contribution in [2.75, 3.05) is 5.73 Å². The zero-order valence-electron chi connectivity index (χ0n) is 27.3. The summed E-state index contributed by atoms with van der Waals surface area (Å²) in [6.45, 7) is 24.4. The highest BCUT2D eigenvalue weighted by molar-refractivity contribution is 5.78. The van der Waals surface area contributed by atoms with Crippen LogP contribution in [0.25, 0.3) is 5.70 Å². The fraction of sp³-hybridized carbons (Fsp3) is 0.441. The van der Waals surface area contributed by atoms with Gasteiger partial charge in [0, 0.05) is 29.2 Å². The number of carboxylic acids is 1. The van der Waals surface area contributed by atoms with Crippen molar-refractivity contribution in [3.05, 3.63) is 95.3 Å². The first kappa shape index (κ1) is 41.8. The van der Waals surface area contributed by atoms with Crippen LogP contribution in [0.1, 0.15) is 91.5 Å². The van der Waals surface area contributed by atoms with Crippen LogP contribution in [0.3, 0.4) is 0 Å². The maximum absolute atomic E-state index is 11.2. The van der Waals surface area contributed by atoms with E-state index in [2.05, 4.69) is 55.3 Å². The van der Waals surface area contributed by atoms with Crippen LogP contribution in [0.5, 0.6) is 0 Å². The molecule has 1 unspecified atom stereocenters. The number of rotatable bonds is 7. The van der Waals surface area contributed by atoms with Crippen LogP contribution in [-0.2, 0) is 24.2 Å². The summed E-state index contributed by atoms with van der Waals surface area (Å²) in [4.78, 5) is 11.2. The van der Waals surface area contributed by atoms with Crippen molar-refractivity contribution in [2.45, 2.75) is 101 Å². The lowest BCUT2D eigenvalue weighted by atomic mass is 10.0. The van der Waals surface area contributed by atoms with E-state index in [0.717, 1.165) is 18.4 Å². The molecule has 0 saturated carbocycles. The minimum Gasteiger partial charge on any atom is -0.479 e. The molecule has 0 fully saturated rings. The number of carbonyl (C=O) groups is 1. The number of nitrogen functional groups attached to an aromatic ring is 1. The van der Waals surface area contributed by atoms with E-state index < -0.39 is 12.0 Å². The van der Waals surface area contributed by atoms with Crippen LogP contribution in [0.4, 0.5) is 5.69 Å². The quantitative estimate of drug-likeness (QED) is 0.198. The van der Waals surface area contributed by atoms with Crippen molar-refractivity contribution >= 4 is 17.4 Å². The number of para-hydroxylation sites is 1. The summed E-state index contributed by atoms with van der Waals surface area (Å²) in [6, 6.07) is 13.7. The second-order valence-corrected chi connectivity index (χ2v) is 8.40. The van der Waals surface area contributed by atoms with Gasteiger partial charge in [-0.1, -0.05) is 118 Å². The van der Waals surface area contributed by atoms with Crippen LogP contribution in [0.2, 0.25) is 0 Å². The Balaban J connectivity index is -0.000000601. The third kappa shape index (κ3) is 17.6. The fourth-order valence-electron chi connectivity index (χ4n) is 3.35. The summed E-state index contributed by atoms with van der Waals surface area (Å²) in [5, 5.41) is 15.0. The van der Waals surface area contributed by atoms with Gasteiger partial charge in [-0.05, 0) is 53.9 Å². The minimum absolute atomic E-state index is 0.333. The molecule has 9 N–H and O–H groups in total. The van der Waals surface area contributed by atoms with E-state index in [9.17, 15) is 4.79 Å². The molecule has 0 bridgehead atoms. The van der Waals surface area contributed by atoms with Crippen molar-refractivity contribution in [3.63, 3.8) is 0 Å². The summed E-state index contributed by atoms with van der Waals surface area (Å²) < 4.78 is 0. The molecular weight excluding hydrogens is 510 g/mol. The maximum Gasteiger partial charge on any atom is 0.332 e. The van der Waals surface area contributed by atoms with E-state index in [1.54, 1.807) is 24.4 Å². The number of anilines is 1. The third-order valence-electron chi connectivity index (χ3n) is 5.10. The number of aliphatic carboxylic acids is 1. The molecule has 0 radical (unpaired) electrons. The molecule has 2 aromatic rings. The lowest BCUT2D eigenvalue weighted by Crippen LogP contribution is -2.41. The van der Waals surface area contributed by atoms with Crippen LogP contribution in [0, 0.1) is 0 Å². The van der Waals surface area contributed by atoms with Gasteiger partial charge in [0.1, 0.15) is 0 Å². The lowest BCUT2D eigenvalue weighted by Gasteiger charge is -2.21. The second-order valence-electron chi connectivity index (χ2n) is 8.40. The Bertz CT molecular complexity index is 1000. The average Bonchev–Trinajstić information content (AvgIpc) is 2.99. The summed E-state index contributed by atoms with van der Waals surface area (Å²) in [6.07, 6.45) is 7.37. The predicted molar refractivity (Wildman–Crippen MR) is 181 cm³/mol. The Labute approximate surface area is 251 Å². The first-order valence-electron chi connectivity index (χ1n) is 14.9. The van der Waals surface area contributed by atoms with Gasteiger partial charge < -0.3 is 32.9 Å². The smallest absolute Gasteiger partial charge is 0.332 e. The maximum atomic E-state index is 11.2. The molecule has 41 heavy (non-hydrogen) atoms. The Morgan fingerprint density at radius 1 is 0.951 bits per heavy atom. The van der Waals surface area contributed by atoms with Crippen molar-refractivity contribution < 1.29 is 9.90 Å². The fourth-order valence-corrected chi connectivity index (χ4v) is 3.35. The highest BCUT2D eigenvalue weighted by Gasteiger charge is 2.22. The number of carboxylic acid groups (broad SMARTS) is 1. The summed E-state index contributed by atoms with van der Waals surface area (Å²) in [7, 11) is 0. The third-order valence-corrected chi connectivity index (χ3v) is 5.10. The van der Waals surface area contributed by atoms with Crippen molar-refractivity contribution in [3.8, 4) is 0 Å². The van der Waals surface area contributed by atoms with Gasteiger partial charge in [0.25, 0.3) is 0 Å². The summed E-state index contributed by atoms with van der Waals surface area (Å²) in [5.41, 5.74) is 22.9. The van der Waals surface area contributed by atoms with Gasteiger partial charge in [0.15, 0.2) is 6.04 Å². The van der Waals surface area contributed by atoms with Crippen LogP contribution < -0.4 is 27.8 Å². The number of nitrogens with two attached hydrogens (primary N) is 3. The molecule has 1 aliphatic heterocycles.